The van der Waals surface area contributed by atoms with Gasteiger partial charge in [-0.2, -0.15) is 0 Å². The molecule has 82 valence electrons. The smallest absolute Gasteiger partial charge is 0.216 e. The third kappa shape index (κ3) is 2.65. The van der Waals surface area contributed by atoms with Gasteiger partial charge in [-0.3, -0.25) is 4.79 Å². The number of amides is 1. The fourth-order valence-corrected chi connectivity index (χ4v) is 1.43. The predicted octanol–water partition coefficient (Wildman–Crippen LogP) is -2.82. The van der Waals surface area contributed by atoms with Crippen LogP contribution in [0, 0.1) is 0 Å². The molecule has 1 aliphatic heterocycles. The lowest BCUT2D eigenvalue weighted by Crippen LogP contribution is -2.62. The van der Waals surface area contributed by atoms with Crippen LogP contribution in [-0.4, -0.2) is 58.7 Å². The molecule has 4 atom stereocenters. The third-order valence-corrected chi connectivity index (χ3v) is 2.32. The number of hydrogen-bond donors (Lipinski definition) is 5. The molecule has 2 unspecified atom stereocenters. The Morgan fingerprint density at radius 3 is 2.64 bits per heavy atom. The van der Waals surface area contributed by atoms with Crippen molar-refractivity contribution in [2.75, 3.05) is 13.1 Å². The maximum absolute atomic E-state index is 10.6. The summed E-state index contributed by atoms with van der Waals surface area (Å²) in [6.45, 7) is 1.82. The van der Waals surface area contributed by atoms with Crippen molar-refractivity contribution in [3.63, 3.8) is 0 Å². The molecule has 0 bridgehead atoms. The number of hydrogen-bond acceptors (Lipinski definition) is 5. The molecule has 0 aromatic carbocycles. The third-order valence-electron chi connectivity index (χ3n) is 2.32. The van der Waals surface area contributed by atoms with Crippen molar-refractivity contribution in [3.8, 4) is 0 Å². The van der Waals surface area contributed by atoms with Crippen molar-refractivity contribution in [3.05, 3.63) is 0 Å². The molecule has 0 spiro atoms. The molecule has 1 amide bonds. The average molecular weight is 204 g/mol. The van der Waals surface area contributed by atoms with Gasteiger partial charge in [0.15, 0.2) is 0 Å². The number of nitrogens with one attached hydrogen (secondary N) is 2. The van der Waals surface area contributed by atoms with E-state index in [0.717, 1.165) is 0 Å². The van der Waals surface area contributed by atoms with E-state index in [4.69, 9.17) is 0 Å². The van der Waals surface area contributed by atoms with E-state index in [2.05, 4.69) is 10.6 Å². The van der Waals surface area contributed by atoms with Gasteiger partial charge in [0, 0.05) is 20.0 Å². The second kappa shape index (κ2) is 4.70. The lowest BCUT2D eigenvalue weighted by Gasteiger charge is -2.36. The highest BCUT2D eigenvalue weighted by Gasteiger charge is 2.35. The zero-order valence-electron chi connectivity index (χ0n) is 7.97. The second-order valence-electron chi connectivity index (χ2n) is 3.50. The van der Waals surface area contributed by atoms with E-state index >= 15 is 0 Å². The Morgan fingerprint density at radius 2 is 2.07 bits per heavy atom. The number of aliphatic hydroxyl groups is 3. The summed E-state index contributed by atoms with van der Waals surface area (Å²) in [6.07, 6.45) is -3.18. The fraction of sp³-hybridized carbons (Fsp3) is 0.875. The number of β-amino-alcohol motifs (C(OH)–C–C–N with tert-alkyl or cyclic N) is 1. The van der Waals surface area contributed by atoms with Crippen LogP contribution in [0.15, 0.2) is 0 Å². The summed E-state index contributed by atoms with van der Waals surface area (Å²) in [7, 11) is 0. The number of rotatable bonds is 2. The van der Waals surface area contributed by atoms with E-state index in [9.17, 15) is 20.1 Å². The Morgan fingerprint density at radius 1 is 1.43 bits per heavy atom. The first-order chi connectivity index (χ1) is 6.52. The molecule has 0 radical (unpaired) electrons. The van der Waals surface area contributed by atoms with E-state index < -0.39 is 24.4 Å². The van der Waals surface area contributed by atoms with Crippen LogP contribution in [0.25, 0.3) is 0 Å². The minimum absolute atomic E-state index is 0.195. The van der Waals surface area contributed by atoms with Crippen LogP contribution in [0.3, 0.4) is 0 Å². The molecule has 0 aromatic rings. The monoisotopic (exact) mass is 204 g/mol. The summed E-state index contributed by atoms with van der Waals surface area (Å²) in [4.78, 5) is 10.6. The van der Waals surface area contributed by atoms with Gasteiger partial charge in [0.2, 0.25) is 5.91 Å². The van der Waals surface area contributed by atoms with Gasteiger partial charge in [-0.25, -0.2) is 0 Å². The zero-order chi connectivity index (χ0) is 10.7. The average Bonchev–Trinajstić information content (AvgIpc) is 2.13. The second-order valence-corrected chi connectivity index (χ2v) is 3.50. The predicted molar refractivity (Wildman–Crippen MR) is 48.5 cm³/mol. The molecule has 1 aliphatic rings. The first-order valence-electron chi connectivity index (χ1n) is 4.54. The summed E-state index contributed by atoms with van der Waals surface area (Å²) in [5.74, 6) is -0.195. The van der Waals surface area contributed by atoms with Crippen LogP contribution in [0.1, 0.15) is 6.92 Å². The van der Waals surface area contributed by atoms with Gasteiger partial charge in [-0.15, -0.1) is 0 Å². The molecule has 0 saturated carbocycles. The van der Waals surface area contributed by atoms with Crippen molar-refractivity contribution in [1.29, 1.82) is 0 Å². The summed E-state index contributed by atoms with van der Waals surface area (Å²) >= 11 is 0. The van der Waals surface area contributed by atoms with Crippen LogP contribution < -0.4 is 10.6 Å². The lowest BCUT2D eigenvalue weighted by molar-refractivity contribution is -0.120. The molecule has 14 heavy (non-hydrogen) atoms. The first-order valence-corrected chi connectivity index (χ1v) is 4.54. The normalized spacial score (nSPS) is 38.0. The highest BCUT2D eigenvalue weighted by Crippen LogP contribution is 2.09. The van der Waals surface area contributed by atoms with E-state index in [-0.39, 0.29) is 19.0 Å². The summed E-state index contributed by atoms with van der Waals surface area (Å²) in [5, 5.41) is 33.4. The summed E-state index contributed by atoms with van der Waals surface area (Å²) in [5.41, 5.74) is 0. The number of aliphatic hydroxyl groups excluding tert-OH is 3. The maximum atomic E-state index is 10.6. The van der Waals surface area contributed by atoms with Crippen molar-refractivity contribution in [2.24, 2.45) is 0 Å². The van der Waals surface area contributed by atoms with Crippen LogP contribution in [0.2, 0.25) is 0 Å². The van der Waals surface area contributed by atoms with E-state index in [1.165, 1.54) is 6.92 Å². The number of piperidine rings is 1. The van der Waals surface area contributed by atoms with Crippen LogP contribution in [-0.2, 0) is 4.79 Å². The van der Waals surface area contributed by atoms with Gasteiger partial charge in [0.05, 0.1) is 18.2 Å². The largest absolute Gasteiger partial charge is 0.389 e. The molecule has 1 fully saturated rings. The van der Waals surface area contributed by atoms with E-state index in [1.807, 2.05) is 0 Å². The minimum Gasteiger partial charge on any atom is -0.389 e. The summed E-state index contributed by atoms with van der Waals surface area (Å²) < 4.78 is 0. The van der Waals surface area contributed by atoms with Gasteiger partial charge in [0.25, 0.3) is 0 Å². The molecule has 1 saturated heterocycles. The van der Waals surface area contributed by atoms with Gasteiger partial charge in [0.1, 0.15) is 6.10 Å². The van der Waals surface area contributed by atoms with Crippen LogP contribution >= 0.6 is 0 Å². The highest BCUT2D eigenvalue weighted by molar-refractivity contribution is 5.72. The lowest BCUT2D eigenvalue weighted by atomic mass is 9.96. The zero-order valence-corrected chi connectivity index (χ0v) is 7.97. The van der Waals surface area contributed by atoms with Gasteiger partial charge in [-0.05, 0) is 0 Å². The quantitative estimate of drug-likeness (QED) is 0.334. The number of carbonyl (C=O) groups excluding carboxylic acids is 1. The van der Waals surface area contributed by atoms with Gasteiger partial charge < -0.3 is 26.0 Å². The van der Waals surface area contributed by atoms with Gasteiger partial charge >= 0.3 is 0 Å². The SMILES string of the molecule is CC(=O)NCC1NCC(O)[C@@H](O)[C@@H]1O. The van der Waals surface area contributed by atoms with Crippen molar-refractivity contribution in [1.82, 2.24) is 10.6 Å². The Balaban J connectivity index is 2.42. The first kappa shape index (κ1) is 11.4. The van der Waals surface area contributed by atoms with Crippen molar-refractivity contribution in [2.45, 2.75) is 31.3 Å². The fourth-order valence-electron chi connectivity index (χ4n) is 1.43. The van der Waals surface area contributed by atoms with Crippen molar-refractivity contribution < 1.29 is 20.1 Å². The van der Waals surface area contributed by atoms with E-state index in [0.29, 0.717) is 0 Å². The van der Waals surface area contributed by atoms with Gasteiger partial charge in [-0.1, -0.05) is 0 Å². The maximum Gasteiger partial charge on any atom is 0.216 e. The van der Waals surface area contributed by atoms with Crippen molar-refractivity contribution >= 4 is 5.91 Å². The Hall–Kier alpha value is -0.690. The van der Waals surface area contributed by atoms with Crippen LogP contribution in [0.5, 0.6) is 0 Å². The topological polar surface area (TPSA) is 102 Å². The molecule has 0 aliphatic carbocycles. The molecular weight excluding hydrogens is 188 g/mol. The molecule has 0 aromatic heterocycles. The Kier molecular flexibility index (Phi) is 3.82. The molecule has 5 N–H and O–H groups in total. The molecule has 1 heterocycles. The Bertz CT molecular complexity index is 212. The van der Waals surface area contributed by atoms with E-state index in [1.54, 1.807) is 0 Å². The highest BCUT2D eigenvalue weighted by atomic mass is 16.4. The number of carbonyl (C=O) groups is 1. The molecule has 6 heteroatoms. The molecule has 1 rings (SSSR count). The molecular formula is C8H16N2O4. The Labute approximate surface area is 81.9 Å². The minimum atomic E-state index is -1.16. The van der Waals surface area contributed by atoms with Crippen LogP contribution in [0.4, 0.5) is 0 Å². The standard InChI is InChI=1S/C8H16N2O4/c1-4(11)9-2-5-7(13)8(14)6(12)3-10-5/h5-8,10,12-14H,2-3H2,1H3,(H,9,11)/t5?,6?,7-,8-/m1/s1. The summed E-state index contributed by atoms with van der Waals surface area (Å²) in [6, 6.07) is -0.419. The molecule has 6 nitrogen and oxygen atoms in total.